The lowest BCUT2D eigenvalue weighted by Gasteiger charge is -2.14. The summed E-state index contributed by atoms with van der Waals surface area (Å²) in [4.78, 5) is 56.9. The Morgan fingerprint density at radius 3 is 1.16 bits per heavy atom. The van der Waals surface area contributed by atoms with E-state index in [-0.39, 0.29) is 23.3 Å². The smallest absolute Gasteiger partial charge is 0.337 e. The maximum atomic E-state index is 13.9. The molecule has 126 heavy (non-hydrogen) atoms. The molecule has 5 aromatic heterocycles. The quantitative estimate of drug-likeness (QED) is 0.0392. The molecule has 4 N–H and O–H groups in total. The van der Waals surface area contributed by atoms with E-state index in [1.54, 1.807) is 0 Å². The summed E-state index contributed by atoms with van der Waals surface area (Å²) in [5, 5.41) is 37.5. The Balaban J connectivity index is 0.000000162. The average molecular weight is 1810 g/mol. The number of carboxylic acids is 1. The molecule has 0 atom stereocenters. The molecular weight excluding hydrogens is 1710 g/mol. The molecule has 5 heterocycles. The van der Waals surface area contributed by atoms with E-state index in [1.165, 1.54) is 18.5 Å². The highest BCUT2D eigenvalue weighted by molar-refractivity contribution is 6.36. The molecule has 2 aliphatic rings. The first-order valence-corrected chi connectivity index (χ1v) is 44.1. The monoisotopic (exact) mass is 1810 g/mol. The highest BCUT2D eigenvalue weighted by Gasteiger charge is 2.35. The molecule has 0 saturated heterocycles. The zero-order valence-electron chi connectivity index (χ0n) is 74.2. The van der Waals surface area contributed by atoms with Crippen LogP contribution in [-0.4, -0.2) is 87.5 Å². The van der Waals surface area contributed by atoms with Crippen LogP contribution >= 0.6 is 69.6 Å². The predicted molar refractivity (Wildman–Crippen MR) is 512 cm³/mol. The molecule has 15 rings (SSSR count). The minimum absolute atomic E-state index is 0.0110. The third-order valence-corrected chi connectivity index (χ3v) is 26.3. The summed E-state index contributed by atoms with van der Waals surface area (Å²) in [6, 6.07) is 40.6. The van der Waals surface area contributed by atoms with Crippen molar-refractivity contribution < 1.29 is 38.5 Å². The molecule has 3 amide bonds. The van der Waals surface area contributed by atoms with E-state index in [9.17, 15) is 24.3 Å². The number of aryl methyl sites for hydroxylation is 16. The summed E-state index contributed by atoms with van der Waals surface area (Å²) in [6.07, 6.45) is 7.59. The normalized spacial score (nSPS) is 12.1. The second kappa shape index (κ2) is 39.2. The molecule has 0 saturated carbocycles. The highest BCUT2D eigenvalue weighted by atomic mass is 35.5. The van der Waals surface area contributed by atoms with Crippen LogP contribution in [-0.2, 0) is 57.0 Å². The summed E-state index contributed by atoms with van der Waals surface area (Å²) in [7, 11) is 7.71. The van der Waals surface area contributed by atoms with Gasteiger partial charge in [-0.1, -0.05) is 112 Å². The Hall–Kier alpha value is -11.4. The fraction of sp³-hybridized carbons (Fsp3) is 0.287. The third kappa shape index (κ3) is 19.7. The molecule has 8 aromatic carbocycles. The van der Waals surface area contributed by atoms with E-state index in [0.29, 0.717) is 96.8 Å². The summed E-state index contributed by atoms with van der Waals surface area (Å²) in [5.41, 5.74) is 31.1. The van der Waals surface area contributed by atoms with Crippen LogP contribution in [0, 0.1) is 96.9 Å². The molecule has 2 aliphatic carbocycles. The second-order valence-corrected chi connectivity index (χ2v) is 35.1. The number of pyridine rings is 1. The van der Waals surface area contributed by atoms with E-state index in [4.69, 9.17) is 83.8 Å². The number of rotatable bonds is 25. The molecule has 13 aromatic rings. The van der Waals surface area contributed by atoms with Gasteiger partial charge in [0.05, 0.1) is 64.9 Å². The first kappa shape index (κ1) is 92.3. The molecule has 0 fully saturated rings. The van der Waals surface area contributed by atoms with Crippen molar-refractivity contribution >= 4 is 132 Å². The number of carbonyl (C=O) groups excluding carboxylic acids is 3. The van der Waals surface area contributed by atoms with Crippen LogP contribution in [0.4, 0.5) is 17.1 Å². The van der Waals surface area contributed by atoms with Gasteiger partial charge in [0.15, 0.2) is 0 Å². The van der Waals surface area contributed by atoms with Gasteiger partial charge in [-0.05, 0) is 304 Å². The maximum absolute atomic E-state index is 13.9. The molecule has 25 heteroatoms. The number of nitrogens with one attached hydrogen (secondary N) is 3. The number of fused-ring (bicyclic) bond motifs is 3. The van der Waals surface area contributed by atoms with Crippen LogP contribution in [0.5, 0.6) is 17.2 Å². The van der Waals surface area contributed by atoms with Crippen molar-refractivity contribution in [3.8, 4) is 50.6 Å². The Bertz CT molecular complexity index is 6510. The van der Waals surface area contributed by atoms with Crippen LogP contribution in [0.1, 0.15) is 159 Å². The fourth-order valence-electron chi connectivity index (χ4n) is 17.4. The zero-order valence-corrected chi connectivity index (χ0v) is 78.7. The van der Waals surface area contributed by atoms with Crippen LogP contribution < -0.4 is 30.2 Å². The van der Waals surface area contributed by atoms with E-state index in [0.717, 1.165) is 218 Å². The molecule has 0 aliphatic heterocycles. The van der Waals surface area contributed by atoms with Gasteiger partial charge in [0, 0.05) is 151 Å². The number of benzene rings is 8. The Morgan fingerprint density at radius 1 is 0.413 bits per heavy atom. The van der Waals surface area contributed by atoms with Crippen molar-refractivity contribution in [3.63, 3.8) is 0 Å². The second-order valence-electron chi connectivity index (χ2n) is 32.7. The number of allylic oxidation sites excluding steroid dienone is 2. The largest absolute Gasteiger partial charge is 0.494 e. The van der Waals surface area contributed by atoms with Gasteiger partial charge in [0.25, 0.3) is 17.7 Å². The molecule has 0 bridgehead atoms. The van der Waals surface area contributed by atoms with Gasteiger partial charge in [-0.2, -0.15) is 15.3 Å². The summed E-state index contributed by atoms with van der Waals surface area (Å²) in [6.45, 7) is 29.3. The van der Waals surface area contributed by atoms with Gasteiger partial charge in [-0.25, -0.2) is 4.79 Å². The molecule has 0 spiro atoms. The van der Waals surface area contributed by atoms with Gasteiger partial charge >= 0.3 is 5.97 Å². The van der Waals surface area contributed by atoms with Crippen LogP contribution in [0.3, 0.4) is 0 Å². The van der Waals surface area contributed by atoms with Crippen molar-refractivity contribution in [1.82, 2.24) is 38.9 Å². The standard InChI is InChI=1S/C34H36Cl2N4O2.C34H35Cl2N3O2.C33H32Cl2N4O4/c1-19-10-8-11-24(16-19)37-34(41)33-26(12-9-15-42-25-17-20(2)31(36)21(3)18-25)27-13-14-28(35)30(32(27)39(33)6)29-22(4)38-40(7)23(29)5;1-19-9-7-10-24(15-19)37-34(40)29-18-28-27(12-13-30(35)32(28)31-22(4)38-39(6)23(31)5)26(29)11-8-14-41-25-16-20(2)33(36)21(3)17-25;1-17-11-23(12-18(2)31(17)35)43-10-6-7-24-25-8-9-28(34)30(29-19(3)38-39(5)20(29)4)26(25)14-27(24)32(40)37-22-13-21(33(41)42)15-36-16-22/h8,10-11,13-14,16-18H,9,12,15H2,1-7H3,(H,37,41);7,9-10,12-13,15-17H,8,11,14,18H2,1-6H3,(H,37,40);8-9,11-13,15-16H,6-7,10,14H2,1-5H3,(H,37,40)(H,41,42). The first-order valence-electron chi connectivity index (χ1n) is 41.8. The predicted octanol–water partition coefficient (Wildman–Crippen LogP) is 25.0. The Labute approximate surface area is 766 Å². The maximum Gasteiger partial charge on any atom is 0.337 e. The average Bonchev–Trinajstić information content (AvgIpc) is 1.58. The van der Waals surface area contributed by atoms with Crippen molar-refractivity contribution in [2.75, 3.05) is 35.8 Å². The number of nitrogens with zero attached hydrogens (tertiary/aromatic N) is 8. The van der Waals surface area contributed by atoms with E-state index < -0.39 is 5.97 Å². The van der Waals surface area contributed by atoms with Gasteiger partial charge in [0.1, 0.15) is 22.9 Å². The van der Waals surface area contributed by atoms with Gasteiger partial charge in [-0.15, -0.1) is 0 Å². The molecule has 652 valence electrons. The number of aromatic nitrogens is 8. The lowest BCUT2D eigenvalue weighted by Crippen LogP contribution is -2.18. The summed E-state index contributed by atoms with van der Waals surface area (Å²) >= 11 is 39.6. The lowest BCUT2D eigenvalue weighted by atomic mass is 9.93. The number of amides is 3. The molecule has 0 unspecified atom stereocenters. The van der Waals surface area contributed by atoms with Crippen molar-refractivity contribution in [3.05, 3.63) is 299 Å². The molecule has 19 nitrogen and oxygen atoms in total. The van der Waals surface area contributed by atoms with Crippen molar-refractivity contribution in [2.45, 2.75) is 148 Å². The highest BCUT2D eigenvalue weighted by Crippen LogP contribution is 2.49. The number of carboxylic acid groups (broad SMARTS) is 1. The number of hydrogen-bond acceptors (Lipinski definition) is 11. The van der Waals surface area contributed by atoms with Crippen molar-refractivity contribution in [2.24, 2.45) is 28.2 Å². The first-order chi connectivity index (χ1) is 60.0. The number of anilines is 3. The Morgan fingerprint density at radius 2 is 0.778 bits per heavy atom. The van der Waals surface area contributed by atoms with Gasteiger partial charge < -0.3 is 39.8 Å². The minimum Gasteiger partial charge on any atom is -0.494 e. The lowest BCUT2D eigenvalue weighted by molar-refractivity contribution is -0.113. The van der Waals surface area contributed by atoms with Crippen molar-refractivity contribution in [1.29, 1.82) is 0 Å². The zero-order chi connectivity index (χ0) is 90.7. The Kier molecular flexibility index (Phi) is 28.7. The van der Waals surface area contributed by atoms with Crippen LogP contribution in [0.15, 0.2) is 151 Å². The number of aromatic carboxylic acids is 1. The van der Waals surface area contributed by atoms with Gasteiger partial charge in [-0.3, -0.25) is 33.4 Å². The topological polar surface area (TPSA) is 224 Å². The SMILES string of the molecule is Cc1cc(OCCCC2=C(C(=O)Nc3cncc(C(=O)O)c3)Cc3c2ccc(Cl)c3-c2c(C)nn(C)c2C)cc(C)c1Cl.Cc1cccc(NC(=O)C2=C(CCCOc3cc(C)c(Cl)c(C)c3)c3ccc(Cl)c(-c4c(C)nn(C)c4C)c3C2)c1.Cc1cccc(NC(=O)c2c(CCCOc3cc(C)c(Cl)c(C)c3)c3ccc(Cl)c(-c4c(C)nn(C)c4C)c3n2C)c1. The van der Waals surface area contributed by atoms with E-state index >= 15 is 0 Å². The summed E-state index contributed by atoms with van der Waals surface area (Å²) in [5.74, 6) is 0.654. The summed E-state index contributed by atoms with van der Waals surface area (Å²) < 4.78 is 25.9. The number of carbonyl (C=O) groups is 4. The number of hydrogen-bond donors (Lipinski definition) is 4. The number of halogens is 6. The third-order valence-electron chi connectivity index (χ3n) is 23.6. The minimum atomic E-state index is -1.12. The van der Waals surface area contributed by atoms with Crippen LogP contribution in [0.2, 0.25) is 30.1 Å². The van der Waals surface area contributed by atoms with E-state index in [2.05, 4.69) is 49.2 Å². The van der Waals surface area contributed by atoms with Gasteiger partial charge in [0.2, 0.25) is 0 Å². The molecular formula is C101H103Cl6N11O8. The van der Waals surface area contributed by atoms with E-state index in [1.807, 2.05) is 252 Å². The molecule has 0 radical (unpaired) electrons. The fourth-order valence-corrected chi connectivity index (χ4v) is 18.5. The number of ether oxygens (including phenoxy) is 3. The van der Waals surface area contributed by atoms with Crippen LogP contribution in [0.25, 0.3) is 55.4 Å².